The van der Waals surface area contributed by atoms with Gasteiger partial charge in [0.25, 0.3) is 11.9 Å². The highest BCUT2D eigenvalue weighted by Crippen LogP contribution is 2.38. The molecule has 1 saturated heterocycles. The van der Waals surface area contributed by atoms with Gasteiger partial charge in [-0.2, -0.15) is 0 Å². The van der Waals surface area contributed by atoms with Gasteiger partial charge in [-0.3, -0.25) is 33.7 Å². The van der Waals surface area contributed by atoms with Crippen LogP contribution >= 0.6 is 23.2 Å². The standard InChI is InChI=1S/C44H73Cl2N9O10S/c1-28(2)26-37(38(56)41(59)48-23-24-50-66(64,65)30-20-21-34(45)35(46)27-30)52-40(58)36(19-13-22-49-44(47)53-55(62)63)51-39(57)31(29-14-8-9-15-29)16-7-5-3-4-6-12-25-54-42(60)32-17-10-11-18-33(32)43(54)61/h28-37,50H,3-27H2,1-2H3,(H,48,59)(H,51,57)(H,52,58)(H3,47,49,53)/t30?,31?,32?,33?,34?,35?,36-,37-/m0/s1. The second-order valence-corrected chi connectivity index (χ2v) is 22.1. The van der Waals surface area contributed by atoms with Crippen LogP contribution in [0.5, 0.6) is 0 Å². The summed E-state index contributed by atoms with van der Waals surface area (Å²) in [5.41, 5.74) is 7.34. The van der Waals surface area contributed by atoms with E-state index in [-0.39, 0.29) is 98.0 Å². The lowest BCUT2D eigenvalue weighted by Gasteiger charge is -2.29. The number of likely N-dealkylation sites (tertiary alicyclic amines) is 1. The normalized spacial score (nSPS) is 24.1. The van der Waals surface area contributed by atoms with Gasteiger partial charge in [-0.25, -0.2) is 28.2 Å². The maximum Gasteiger partial charge on any atom is 0.289 e. The molecule has 66 heavy (non-hydrogen) atoms. The molecule has 0 aromatic rings. The summed E-state index contributed by atoms with van der Waals surface area (Å²) in [6, 6.07) is -2.40. The Morgan fingerprint density at radius 2 is 1.41 bits per heavy atom. The zero-order valence-corrected chi connectivity index (χ0v) is 40.9. The summed E-state index contributed by atoms with van der Waals surface area (Å²) in [5.74, 6) is -3.97. The van der Waals surface area contributed by atoms with E-state index in [0.717, 1.165) is 89.9 Å². The van der Waals surface area contributed by atoms with Crippen LogP contribution in [0.25, 0.3) is 0 Å². The van der Waals surface area contributed by atoms with Crippen molar-refractivity contribution in [3.8, 4) is 0 Å². The van der Waals surface area contributed by atoms with Gasteiger partial charge in [0.05, 0.1) is 33.9 Å². The molecule has 4 aliphatic rings. The highest BCUT2D eigenvalue weighted by atomic mass is 35.5. The summed E-state index contributed by atoms with van der Waals surface area (Å²) in [7, 11) is -3.76. The summed E-state index contributed by atoms with van der Waals surface area (Å²) in [6.07, 6.45) is 14.5. The summed E-state index contributed by atoms with van der Waals surface area (Å²) in [4.78, 5) is 96.7. The van der Waals surface area contributed by atoms with E-state index in [9.17, 15) is 47.3 Å². The largest absolute Gasteiger partial charge is 0.365 e. The average molecular weight is 991 g/mol. The van der Waals surface area contributed by atoms with Crippen LogP contribution in [0, 0.1) is 39.7 Å². The molecule has 8 atom stereocenters. The fraction of sp³-hybridized carbons (Fsp3) is 0.841. The van der Waals surface area contributed by atoms with Crippen molar-refractivity contribution in [2.45, 2.75) is 177 Å². The molecule has 0 aromatic carbocycles. The van der Waals surface area contributed by atoms with Gasteiger partial charge < -0.3 is 21.7 Å². The molecule has 3 aliphatic carbocycles. The number of carbonyl (C=O) groups is 6. The zero-order chi connectivity index (χ0) is 48.4. The molecule has 0 aromatic heterocycles. The predicted molar refractivity (Wildman–Crippen MR) is 251 cm³/mol. The van der Waals surface area contributed by atoms with Crippen molar-refractivity contribution in [2.24, 2.45) is 40.3 Å². The number of ketones is 1. The maximum atomic E-state index is 14.2. The fourth-order valence-corrected chi connectivity index (χ4v) is 12.1. The number of aliphatic imine (C=N–C) groups is 1. The number of unbranched alkanes of at least 4 members (excludes halogenated alkanes) is 5. The number of hydrogen-bond donors (Lipinski definition) is 6. The van der Waals surface area contributed by atoms with Crippen LogP contribution in [0.1, 0.15) is 149 Å². The van der Waals surface area contributed by atoms with E-state index in [4.69, 9.17) is 28.9 Å². The van der Waals surface area contributed by atoms with Gasteiger partial charge in [0, 0.05) is 32.1 Å². The molecule has 5 amide bonds. The zero-order valence-electron chi connectivity index (χ0n) is 38.6. The number of hydrazine groups is 1. The summed E-state index contributed by atoms with van der Waals surface area (Å²) in [6.45, 7) is 3.73. The number of nitrogens with zero attached hydrogens (tertiary/aromatic N) is 3. The average Bonchev–Trinajstić information content (AvgIpc) is 3.88. The number of carbonyl (C=O) groups excluding carboxylic acids is 6. The lowest BCUT2D eigenvalue weighted by Crippen LogP contribution is -2.55. The number of sulfonamides is 1. The van der Waals surface area contributed by atoms with Crippen molar-refractivity contribution in [1.82, 2.24) is 31.0 Å². The highest BCUT2D eigenvalue weighted by Gasteiger charge is 2.47. The van der Waals surface area contributed by atoms with Crippen molar-refractivity contribution < 1.29 is 42.2 Å². The van der Waals surface area contributed by atoms with E-state index in [1.807, 2.05) is 13.8 Å². The maximum absolute atomic E-state index is 14.2. The third kappa shape index (κ3) is 17.2. The minimum Gasteiger partial charge on any atom is -0.365 e. The number of rotatable bonds is 28. The van der Waals surface area contributed by atoms with E-state index >= 15 is 0 Å². The van der Waals surface area contributed by atoms with Crippen LogP contribution in [0.2, 0.25) is 0 Å². The van der Waals surface area contributed by atoms with Crippen molar-refractivity contribution in [1.29, 1.82) is 0 Å². The molecule has 1 aliphatic heterocycles. The molecule has 22 heteroatoms. The Labute approximate surface area is 399 Å². The van der Waals surface area contributed by atoms with Crippen LogP contribution in [0.4, 0.5) is 0 Å². The number of nitrogens with two attached hydrogens (primary N) is 1. The molecule has 374 valence electrons. The highest BCUT2D eigenvalue weighted by molar-refractivity contribution is 7.90. The second-order valence-electron chi connectivity index (χ2n) is 18.9. The first-order valence-electron chi connectivity index (χ1n) is 24.1. The van der Waals surface area contributed by atoms with Gasteiger partial charge in [-0.1, -0.05) is 77.1 Å². The Morgan fingerprint density at radius 3 is 2.03 bits per heavy atom. The van der Waals surface area contributed by atoms with Gasteiger partial charge in [-0.15, -0.1) is 23.2 Å². The number of fused-ring (bicyclic) bond motifs is 1. The summed E-state index contributed by atoms with van der Waals surface area (Å²) >= 11 is 12.3. The number of nitro groups is 1. The van der Waals surface area contributed by atoms with E-state index in [1.54, 1.807) is 5.43 Å². The molecule has 0 bridgehead atoms. The Hall–Kier alpha value is -3.62. The molecule has 1 heterocycles. The monoisotopic (exact) mass is 989 g/mol. The van der Waals surface area contributed by atoms with Crippen molar-refractivity contribution in [2.75, 3.05) is 26.2 Å². The Balaban J connectivity index is 1.32. The van der Waals surface area contributed by atoms with Crippen LogP contribution in [0.3, 0.4) is 0 Å². The lowest BCUT2D eigenvalue weighted by molar-refractivity contribution is -0.525. The summed E-state index contributed by atoms with van der Waals surface area (Å²) in [5, 5.41) is 16.5. The molecule has 0 spiro atoms. The van der Waals surface area contributed by atoms with E-state index in [1.165, 1.54) is 4.90 Å². The minimum absolute atomic E-state index is 0.000254. The SMILES string of the molecule is CC(C)C[C@H](NC(=O)[C@H](CCCN=C(N)N[N+](=O)[O-])NC(=O)C(CCCCCCCCN1C(=O)C2CCCCC2C1=O)C1CCCC1)C(=O)C(=O)NCCNS(=O)(=O)C1CCC(Cl)C(Cl)C1. The number of guanidine groups is 1. The van der Waals surface area contributed by atoms with Gasteiger partial charge >= 0.3 is 0 Å². The Morgan fingerprint density at radius 1 is 0.803 bits per heavy atom. The van der Waals surface area contributed by atoms with Crippen LogP contribution < -0.4 is 31.8 Å². The predicted octanol–water partition coefficient (Wildman–Crippen LogP) is 3.96. The van der Waals surface area contributed by atoms with Gasteiger partial charge in [0.1, 0.15) is 6.04 Å². The van der Waals surface area contributed by atoms with Gasteiger partial charge in [-0.05, 0) is 88.9 Å². The molecular weight excluding hydrogens is 918 g/mol. The van der Waals surface area contributed by atoms with E-state index < -0.39 is 61.3 Å². The molecular formula is C44H73Cl2N9O10S. The molecule has 4 fully saturated rings. The molecule has 3 saturated carbocycles. The Bertz CT molecular complexity index is 1790. The van der Waals surface area contributed by atoms with Crippen molar-refractivity contribution >= 4 is 74.5 Å². The third-order valence-electron chi connectivity index (χ3n) is 13.5. The molecule has 7 N–H and O–H groups in total. The summed E-state index contributed by atoms with van der Waals surface area (Å²) < 4.78 is 28.2. The first-order valence-corrected chi connectivity index (χ1v) is 26.6. The number of alkyl halides is 2. The van der Waals surface area contributed by atoms with Gasteiger partial charge in [0.2, 0.25) is 39.4 Å². The number of Topliss-reactive ketones (excluding diaryl/α,β-unsaturated/α-hetero) is 1. The molecule has 19 nitrogen and oxygen atoms in total. The number of imide groups is 1. The number of halogens is 2. The van der Waals surface area contributed by atoms with E-state index in [0.29, 0.717) is 25.8 Å². The minimum atomic E-state index is -3.76. The van der Waals surface area contributed by atoms with Crippen molar-refractivity contribution in [3.63, 3.8) is 0 Å². The van der Waals surface area contributed by atoms with Gasteiger partial charge in [0.15, 0.2) is 5.03 Å². The topological polar surface area (TPSA) is 281 Å². The molecule has 6 unspecified atom stereocenters. The molecule has 4 rings (SSSR count). The lowest BCUT2D eigenvalue weighted by atomic mass is 9.81. The van der Waals surface area contributed by atoms with Crippen LogP contribution in [-0.4, -0.2) is 114 Å². The van der Waals surface area contributed by atoms with E-state index in [2.05, 4.69) is 25.7 Å². The first-order chi connectivity index (χ1) is 31.4. The smallest absolute Gasteiger partial charge is 0.289 e. The third-order valence-corrected chi connectivity index (χ3v) is 16.6. The van der Waals surface area contributed by atoms with Crippen molar-refractivity contribution in [3.05, 3.63) is 10.1 Å². The molecule has 0 radical (unpaired) electrons. The van der Waals surface area contributed by atoms with Crippen LogP contribution in [-0.2, 0) is 38.8 Å². The second kappa shape index (κ2) is 27.4. The quantitative estimate of drug-likeness (QED) is 0.00950. The number of hydrogen-bond acceptors (Lipinski definition) is 11. The first kappa shape index (κ1) is 55.0. The number of amides is 5. The van der Waals surface area contributed by atoms with Crippen LogP contribution in [0.15, 0.2) is 4.99 Å². The fourth-order valence-electron chi connectivity index (χ4n) is 9.94. The Kier molecular flexibility index (Phi) is 22.8. The number of nitrogens with one attached hydrogen (secondary N) is 5.